The number of hydrogen-bond donors (Lipinski definition) is 1. The van der Waals surface area contributed by atoms with Crippen LogP contribution >= 0.6 is 0 Å². The van der Waals surface area contributed by atoms with Crippen molar-refractivity contribution in [1.29, 1.82) is 0 Å². The van der Waals surface area contributed by atoms with Crippen molar-refractivity contribution in [3.63, 3.8) is 0 Å². The van der Waals surface area contributed by atoms with E-state index in [1.54, 1.807) is 41.3 Å². The molecule has 0 saturated heterocycles. The van der Waals surface area contributed by atoms with Crippen LogP contribution in [0.25, 0.3) is 28.0 Å². The summed E-state index contributed by atoms with van der Waals surface area (Å²) in [7, 11) is 0. The topological polar surface area (TPSA) is 63.8 Å². The van der Waals surface area contributed by atoms with Crippen molar-refractivity contribution in [3.05, 3.63) is 67.1 Å². The fourth-order valence-electron chi connectivity index (χ4n) is 2.30. The summed E-state index contributed by atoms with van der Waals surface area (Å²) in [6, 6.07) is 14.6. The second-order valence-corrected chi connectivity index (χ2v) is 4.93. The van der Waals surface area contributed by atoms with Crippen LogP contribution in [0, 0.1) is 0 Å². The molecule has 0 spiro atoms. The van der Waals surface area contributed by atoms with E-state index in [-0.39, 0.29) is 5.75 Å². The zero-order valence-electron chi connectivity index (χ0n) is 11.6. The van der Waals surface area contributed by atoms with Gasteiger partial charge in [-0.05, 0) is 36.4 Å². The first kappa shape index (κ1) is 12.5. The van der Waals surface area contributed by atoms with E-state index in [1.807, 2.05) is 30.5 Å². The predicted octanol–water partition coefficient (Wildman–Crippen LogP) is 3.19. The van der Waals surface area contributed by atoms with Crippen LogP contribution in [0.5, 0.6) is 5.75 Å². The Kier molecular flexibility index (Phi) is 2.83. The van der Waals surface area contributed by atoms with Gasteiger partial charge < -0.3 is 5.11 Å². The average Bonchev–Trinajstić information content (AvgIpc) is 3.05. The third-order valence-corrected chi connectivity index (χ3v) is 3.44. The second kappa shape index (κ2) is 4.96. The molecule has 0 radical (unpaired) electrons. The molecule has 0 saturated carbocycles. The molecule has 0 aliphatic rings. The van der Waals surface area contributed by atoms with Gasteiger partial charge in [0.15, 0.2) is 0 Å². The van der Waals surface area contributed by atoms with Crippen molar-refractivity contribution in [1.82, 2.24) is 19.7 Å². The molecule has 5 nitrogen and oxygen atoms in total. The number of hydrogen-bond acceptors (Lipinski definition) is 4. The molecule has 2 aromatic carbocycles. The van der Waals surface area contributed by atoms with Crippen LogP contribution in [0.1, 0.15) is 0 Å². The zero-order chi connectivity index (χ0) is 14.9. The van der Waals surface area contributed by atoms with Crippen molar-refractivity contribution in [2.24, 2.45) is 0 Å². The first-order valence-electron chi connectivity index (χ1n) is 6.86. The third kappa shape index (κ3) is 2.18. The van der Waals surface area contributed by atoms with E-state index >= 15 is 0 Å². The zero-order valence-corrected chi connectivity index (χ0v) is 11.6. The molecule has 0 atom stereocenters. The molecule has 5 heteroatoms. The Balaban J connectivity index is 1.74. The molecule has 2 aromatic heterocycles. The molecular formula is C17H12N4O. The molecule has 0 unspecified atom stereocenters. The largest absolute Gasteiger partial charge is 0.508 e. The lowest BCUT2D eigenvalue weighted by Gasteiger charge is -2.01. The van der Waals surface area contributed by atoms with Crippen molar-refractivity contribution in [2.75, 3.05) is 0 Å². The van der Waals surface area contributed by atoms with E-state index in [1.165, 1.54) is 0 Å². The van der Waals surface area contributed by atoms with E-state index < -0.39 is 0 Å². The SMILES string of the molecule is Oc1ccc(-n2cc(-c3cnc4ccccc4n3)cn2)cc1. The third-order valence-electron chi connectivity index (χ3n) is 3.44. The Labute approximate surface area is 126 Å². The highest BCUT2D eigenvalue weighted by molar-refractivity contribution is 5.76. The molecule has 0 fully saturated rings. The lowest BCUT2D eigenvalue weighted by atomic mass is 10.2. The highest BCUT2D eigenvalue weighted by Gasteiger charge is 2.06. The molecule has 0 bridgehead atoms. The van der Waals surface area contributed by atoms with Crippen molar-refractivity contribution < 1.29 is 5.11 Å². The molecule has 0 aliphatic heterocycles. The molecule has 22 heavy (non-hydrogen) atoms. The Morgan fingerprint density at radius 3 is 2.45 bits per heavy atom. The molecular weight excluding hydrogens is 276 g/mol. The molecule has 1 N–H and O–H groups in total. The maximum atomic E-state index is 9.34. The lowest BCUT2D eigenvalue weighted by molar-refractivity contribution is 0.475. The number of aromatic hydroxyl groups is 1. The standard InChI is InChI=1S/C17H12N4O/c22-14-7-5-13(6-8-14)21-11-12(9-19-21)17-10-18-15-3-1-2-4-16(15)20-17/h1-11,22H. The summed E-state index contributed by atoms with van der Waals surface area (Å²) in [4.78, 5) is 9.03. The average molecular weight is 288 g/mol. The second-order valence-electron chi connectivity index (χ2n) is 4.93. The van der Waals surface area contributed by atoms with E-state index in [0.717, 1.165) is 28.0 Å². The van der Waals surface area contributed by atoms with Crippen LogP contribution in [0.3, 0.4) is 0 Å². The maximum absolute atomic E-state index is 9.34. The summed E-state index contributed by atoms with van der Waals surface area (Å²) >= 11 is 0. The van der Waals surface area contributed by atoms with Gasteiger partial charge in [-0.1, -0.05) is 12.1 Å². The van der Waals surface area contributed by atoms with Crippen LogP contribution in [0.15, 0.2) is 67.1 Å². The smallest absolute Gasteiger partial charge is 0.115 e. The monoisotopic (exact) mass is 288 g/mol. The summed E-state index contributed by atoms with van der Waals surface area (Å²) in [5.74, 6) is 0.233. The van der Waals surface area contributed by atoms with Crippen LogP contribution in [0.2, 0.25) is 0 Å². The number of rotatable bonds is 2. The minimum absolute atomic E-state index is 0.233. The number of phenols is 1. The molecule has 2 heterocycles. The van der Waals surface area contributed by atoms with Gasteiger partial charge in [-0.2, -0.15) is 5.10 Å². The minimum atomic E-state index is 0.233. The quantitative estimate of drug-likeness (QED) is 0.615. The Morgan fingerprint density at radius 1 is 0.864 bits per heavy atom. The fourth-order valence-corrected chi connectivity index (χ4v) is 2.30. The number of para-hydroxylation sites is 2. The Morgan fingerprint density at radius 2 is 1.64 bits per heavy atom. The van der Waals surface area contributed by atoms with Gasteiger partial charge >= 0.3 is 0 Å². The van der Waals surface area contributed by atoms with Crippen LogP contribution in [-0.2, 0) is 0 Å². The van der Waals surface area contributed by atoms with Crippen molar-refractivity contribution in [3.8, 4) is 22.7 Å². The van der Waals surface area contributed by atoms with Crippen LogP contribution < -0.4 is 0 Å². The summed E-state index contributed by atoms with van der Waals surface area (Å²) < 4.78 is 1.74. The van der Waals surface area contributed by atoms with E-state index in [0.29, 0.717) is 0 Å². The minimum Gasteiger partial charge on any atom is -0.508 e. The lowest BCUT2D eigenvalue weighted by Crippen LogP contribution is -1.92. The van der Waals surface area contributed by atoms with Gasteiger partial charge in [0, 0.05) is 11.8 Å². The molecule has 0 aliphatic carbocycles. The van der Waals surface area contributed by atoms with Crippen molar-refractivity contribution >= 4 is 11.0 Å². The van der Waals surface area contributed by atoms with Gasteiger partial charge in [-0.3, -0.25) is 4.98 Å². The first-order valence-corrected chi connectivity index (χ1v) is 6.86. The van der Waals surface area contributed by atoms with Crippen molar-refractivity contribution in [2.45, 2.75) is 0 Å². The number of phenolic OH excluding ortho intramolecular Hbond substituents is 1. The first-order chi connectivity index (χ1) is 10.8. The highest BCUT2D eigenvalue weighted by Crippen LogP contribution is 2.20. The van der Waals surface area contributed by atoms with E-state index in [2.05, 4.69) is 15.1 Å². The summed E-state index contributed by atoms with van der Waals surface area (Å²) in [6.45, 7) is 0. The predicted molar refractivity (Wildman–Crippen MR) is 83.8 cm³/mol. The Hall–Kier alpha value is -3.21. The van der Waals surface area contributed by atoms with Gasteiger partial charge in [0.05, 0.1) is 34.8 Å². The van der Waals surface area contributed by atoms with E-state index in [9.17, 15) is 5.11 Å². The fraction of sp³-hybridized carbons (Fsp3) is 0. The Bertz CT molecular complexity index is 944. The molecule has 0 amide bonds. The summed E-state index contributed by atoms with van der Waals surface area (Å²) in [5.41, 5.74) is 4.28. The molecule has 106 valence electrons. The number of fused-ring (bicyclic) bond motifs is 1. The number of aromatic nitrogens is 4. The number of benzene rings is 2. The molecule has 4 rings (SSSR count). The van der Waals surface area contributed by atoms with Gasteiger partial charge in [0.25, 0.3) is 0 Å². The molecule has 4 aromatic rings. The van der Waals surface area contributed by atoms with Gasteiger partial charge in [-0.15, -0.1) is 0 Å². The van der Waals surface area contributed by atoms with E-state index in [4.69, 9.17) is 0 Å². The van der Waals surface area contributed by atoms with Gasteiger partial charge in [0.2, 0.25) is 0 Å². The normalized spacial score (nSPS) is 10.9. The summed E-state index contributed by atoms with van der Waals surface area (Å²) in [6.07, 6.45) is 5.40. The van der Waals surface area contributed by atoms with Gasteiger partial charge in [-0.25, -0.2) is 9.67 Å². The summed E-state index contributed by atoms with van der Waals surface area (Å²) in [5, 5.41) is 13.7. The maximum Gasteiger partial charge on any atom is 0.115 e. The van der Waals surface area contributed by atoms with Crippen LogP contribution in [0.4, 0.5) is 0 Å². The van der Waals surface area contributed by atoms with Gasteiger partial charge in [0.1, 0.15) is 5.75 Å². The number of nitrogens with zero attached hydrogens (tertiary/aromatic N) is 4. The highest BCUT2D eigenvalue weighted by atomic mass is 16.3. The van der Waals surface area contributed by atoms with Crippen LogP contribution in [-0.4, -0.2) is 24.9 Å².